The Balaban J connectivity index is 1.89. The maximum absolute atomic E-state index is 15.3. The van der Waals surface area contributed by atoms with E-state index in [-0.39, 0.29) is 22.2 Å². The monoisotopic (exact) mass is 386 g/mol. The molecule has 4 rings (SSSR count). The van der Waals surface area contributed by atoms with Crippen LogP contribution in [0.4, 0.5) is 15.9 Å². The van der Waals surface area contributed by atoms with Gasteiger partial charge in [-0.3, -0.25) is 4.79 Å². The number of amides is 1. The van der Waals surface area contributed by atoms with Gasteiger partial charge in [0.25, 0.3) is 5.91 Å². The summed E-state index contributed by atoms with van der Waals surface area (Å²) >= 11 is 6.76. The third-order valence-corrected chi connectivity index (χ3v) is 5.80. The van der Waals surface area contributed by atoms with Gasteiger partial charge >= 0.3 is 0 Å². The molecule has 1 spiro atoms. The summed E-state index contributed by atoms with van der Waals surface area (Å²) in [5.41, 5.74) is 7.30. The molecule has 3 N–H and O–H groups in total. The highest BCUT2D eigenvalue weighted by Crippen LogP contribution is 2.50. The molecule has 7 heteroatoms. The fraction of sp³-hybridized carbons (Fsp3) is 0.300. The molecule has 140 valence electrons. The van der Waals surface area contributed by atoms with Crippen LogP contribution in [0.25, 0.3) is 11.1 Å². The van der Waals surface area contributed by atoms with E-state index in [1.807, 2.05) is 0 Å². The molecule has 0 fully saturated rings. The molecule has 1 aromatic carbocycles. The number of hydrogen-bond acceptors (Lipinski definition) is 4. The van der Waals surface area contributed by atoms with Gasteiger partial charge in [0.1, 0.15) is 11.6 Å². The van der Waals surface area contributed by atoms with E-state index in [2.05, 4.69) is 22.5 Å². The first-order valence-corrected chi connectivity index (χ1v) is 9.11. The van der Waals surface area contributed by atoms with Crippen molar-refractivity contribution in [2.45, 2.75) is 18.3 Å². The van der Waals surface area contributed by atoms with Crippen molar-refractivity contribution in [3.8, 4) is 11.1 Å². The second kappa shape index (κ2) is 6.23. The Kier molecular flexibility index (Phi) is 4.11. The van der Waals surface area contributed by atoms with E-state index in [1.54, 1.807) is 26.4 Å². The molecule has 2 heterocycles. The average Bonchev–Trinajstić information content (AvgIpc) is 3.24. The number of nitrogens with two attached hydrogens (primary N) is 1. The molecule has 0 atom stereocenters. The van der Waals surface area contributed by atoms with Crippen molar-refractivity contribution in [3.63, 3.8) is 0 Å². The van der Waals surface area contributed by atoms with Gasteiger partial charge in [-0.2, -0.15) is 0 Å². The lowest BCUT2D eigenvalue weighted by atomic mass is 9.80. The maximum Gasteiger partial charge on any atom is 0.258 e. The Labute approximate surface area is 162 Å². The molecule has 1 aromatic heterocycles. The van der Waals surface area contributed by atoms with Crippen LogP contribution in [-0.2, 0) is 5.41 Å². The van der Waals surface area contributed by atoms with E-state index in [9.17, 15) is 4.79 Å². The van der Waals surface area contributed by atoms with Gasteiger partial charge in [0.15, 0.2) is 0 Å². The molecule has 0 saturated carbocycles. The largest absolute Gasteiger partial charge is 0.398 e. The fourth-order valence-corrected chi connectivity index (χ4v) is 4.37. The number of anilines is 2. The topological polar surface area (TPSA) is 71.2 Å². The number of benzene rings is 1. The molecule has 2 aliphatic rings. The van der Waals surface area contributed by atoms with E-state index >= 15 is 4.39 Å². The zero-order valence-electron chi connectivity index (χ0n) is 15.1. The summed E-state index contributed by atoms with van der Waals surface area (Å²) in [6.45, 7) is 0.750. The summed E-state index contributed by atoms with van der Waals surface area (Å²) in [7, 11) is 3.11. The standard InChI is InChI=1S/C20H20ClFN4O/c1-26(2)19(27)14-13(23)6-5-11(17(14)22)12-9-24-18-15(16(12)21)20(10-25-18)7-3-4-8-20/h3-6,9H,7-8,10,23H2,1-2H3,(H,24,25). The molecule has 0 saturated heterocycles. The van der Waals surface area contributed by atoms with Gasteiger partial charge in [0, 0.05) is 54.6 Å². The number of nitrogens with one attached hydrogen (secondary N) is 1. The maximum atomic E-state index is 15.3. The molecule has 5 nitrogen and oxygen atoms in total. The molecular formula is C20H20ClFN4O. The number of pyridine rings is 1. The van der Waals surface area contributed by atoms with E-state index in [1.165, 1.54) is 11.0 Å². The summed E-state index contributed by atoms with van der Waals surface area (Å²) < 4.78 is 15.3. The highest BCUT2D eigenvalue weighted by atomic mass is 35.5. The van der Waals surface area contributed by atoms with Gasteiger partial charge in [-0.1, -0.05) is 23.8 Å². The summed E-state index contributed by atoms with van der Waals surface area (Å²) in [5.74, 6) is -0.426. The van der Waals surface area contributed by atoms with Crippen molar-refractivity contribution in [1.82, 2.24) is 9.88 Å². The highest BCUT2D eigenvalue weighted by molar-refractivity contribution is 6.34. The summed E-state index contributed by atoms with van der Waals surface area (Å²) in [4.78, 5) is 18.2. The SMILES string of the molecule is CN(C)C(=O)c1c(N)ccc(-c2cnc3c(c2Cl)C2(CC=CC2)CN3)c1F. The van der Waals surface area contributed by atoms with Crippen LogP contribution in [0.1, 0.15) is 28.8 Å². The third-order valence-electron chi connectivity index (χ3n) is 5.41. The van der Waals surface area contributed by atoms with Crippen LogP contribution in [0.5, 0.6) is 0 Å². The van der Waals surface area contributed by atoms with Crippen LogP contribution < -0.4 is 11.1 Å². The molecule has 1 amide bonds. The van der Waals surface area contributed by atoms with Crippen LogP contribution in [0.15, 0.2) is 30.5 Å². The van der Waals surface area contributed by atoms with E-state index in [0.717, 1.165) is 30.8 Å². The van der Waals surface area contributed by atoms with Crippen LogP contribution >= 0.6 is 11.6 Å². The Morgan fingerprint density at radius 3 is 2.67 bits per heavy atom. The van der Waals surface area contributed by atoms with Crippen LogP contribution in [-0.4, -0.2) is 36.4 Å². The number of nitrogens with zero attached hydrogens (tertiary/aromatic N) is 2. The Morgan fingerprint density at radius 1 is 1.30 bits per heavy atom. The molecular weight excluding hydrogens is 367 g/mol. The highest BCUT2D eigenvalue weighted by Gasteiger charge is 2.42. The zero-order chi connectivity index (χ0) is 19.3. The summed E-state index contributed by atoms with van der Waals surface area (Å²) in [5, 5.41) is 3.78. The number of carbonyl (C=O) groups is 1. The number of nitrogen functional groups attached to an aromatic ring is 1. The third kappa shape index (κ3) is 2.58. The van der Waals surface area contributed by atoms with E-state index < -0.39 is 11.7 Å². The predicted molar refractivity (Wildman–Crippen MR) is 106 cm³/mol. The minimum Gasteiger partial charge on any atom is -0.398 e. The van der Waals surface area contributed by atoms with Gasteiger partial charge in [-0.25, -0.2) is 9.37 Å². The summed E-state index contributed by atoms with van der Waals surface area (Å²) in [6, 6.07) is 3.08. The predicted octanol–water partition coefficient (Wildman–Crippen LogP) is 3.84. The Bertz CT molecular complexity index is 978. The number of halogens is 2. The van der Waals surface area contributed by atoms with Gasteiger partial charge < -0.3 is 16.0 Å². The van der Waals surface area contributed by atoms with Crippen molar-refractivity contribution in [1.29, 1.82) is 0 Å². The van der Waals surface area contributed by atoms with Crippen LogP contribution in [0.3, 0.4) is 0 Å². The second-order valence-electron chi connectivity index (χ2n) is 7.31. The lowest BCUT2D eigenvalue weighted by Crippen LogP contribution is -2.25. The number of allylic oxidation sites excluding steroid dienone is 2. The molecule has 0 radical (unpaired) electrons. The summed E-state index contributed by atoms with van der Waals surface area (Å²) in [6.07, 6.45) is 7.56. The van der Waals surface area contributed by atoms with Crippen molar-refractivity contribution in [2.75, 3.05) is 31.7 Å². The first-order valence-electron chi connectivity index (χ1n) is 8.73. The first-order chi connectivity index (χ1) is 12.9. The lowest BCUT2D eigenvalue weighted by molar-refractivity contribution is 0.0824. The van der Waals surface area contributed by atoms with Crippen molar-refractivity contribution in [3.05, 3.63) is 52.4 Å². The smallest absolute Gasteiger partial charge is 0.258 e. The number of hydrogen-bond donors (Lipinski definition) is 2. The van der Waals surface area contributed by atoms with Gasteiger partial charge in [0.05, 0.1) is 10.6 Å². The minimum atomic E-state index is -0.679. The van der Waals surface area contributed by atoms with Crippen LogP contribution in [0.2, 0.25) is 5.02 Å². The molecule has 1 aliphatic heterocycles. The molecule has 27 heavy (non-hydrogen) atoms. The Hall–Kier alpha value is -2.60. The quantitative estimate of drug-likeness (QED) is 0.607. The second-order valence-corrected chi connectivity index (χ2v) is 7.69. The molecule has 2 aromatic rings. The van der Waals surface area contributed by atoms with E-state index in [4.69, 9.17) is 17.3 Å². The van der Waals surface area contributed by atoms with Crippen molar-refractivity contribution >= 4 is 29.0 Å². The fourth-order valence-electron chi connectivity index (χ4n) is 3.93. The number of rotatable bonds is 2. The number of fused-ring (bicyclic) bond motifs is 2. The molecule has 0 bridgehead atoms. The number of aromatic nitrogens is 1. The normalized spacial score (nSPS) is 16.4. The van der Waals surface area contributed by atoms with Gasteiger partial charge in [0.2, 0.25) is 0 Å². The zero-order valence-corrected chi connectivity index (χ0v) is 15.9. The Morgan fingerprint density at radius 2 is 2.00 bits per heavy atom. The van der Waals surface area contributed by atoms with Crippen molar-refractivity contribution < 1.29 is 9.18 Å². The van der Waals surface area contributed by atoms with Crippen LogP contribution in [0, 0.1) is 5.82 Å². The van der Waals surface area contributed by atoms with Gasteiger partial charge in [-0.15, -0.1) is 0 Å². The molecule has 0 unspecified atom stereocenters. The average molecular weight is 387 g/mol. The number of carbonyl (C=O) groups excluding carboxylic acids is 1. The minimum absolute atomic E-state index is 0.0957. The first kappa shape index (κ1) is 17.8. The lowest BCUT2D eigenvalue weighted by Gasteiger charge is -2.24. The van der Waals surface area contributed by atoms with E-state index in [0.29, 0.717) is 10.6 Å². The van der Waals surface area contributed by atoms with Crippen molar-refractivity contribution in [2.24, 2.45) is 0 Å². The molecule has 1 aliphatic carbocycles. The van der Waals surface area contributed by atoms with Gasteiger partial charge in [-0.05, 0) is 25.0 Å².